The van der Waals surface area contributed by atoms with E-state index in [4.69, 9.17) is 30.8 Å². The summed E-state index contributed by atoms with van der Waals surface area (Å²) in [5.41, 5.74) is 2.03. The number of halogens is 1. The molecule has 0 spiro atoms. The average molecular weight is 417 g/mol. The molecule has 1 N–H and O–H groups in total. The van der Waals surface area contributed by atoms with Crippen molar-refractivity contribution in [3.05, 3.63) is 35.6 Å². The van der Waals surface area contributed by atoms with Crippen LogP contribution in [0.1, 0.15) is 13.3 Å². The van der Waals surface area contributed by atoms with Gasteiger partial charge in [0, 0.05) is 24.4 Å². The molecule has 0 saturated carbocycles. The molecule has 4 rings (SSSR count). The SMILES string of the molecule is COc1ccc(-c2cn3ncc(Cl)c3c(OC(C)[C@H]3CNC(=O)C3)n2)cc1OC. The maximum Gasteiger partial charge on any atom is 0.242 e. The first-order chi connectivity index (χ1) is 14.0. The van der Waals surface area contributed by atoms with Gasteiger partial charge in [-0.1, -0.05) is 11.6 Å². The molecule has 152 valence electrons. The summed E-state index contributed by atoms with van der Waals surface area (Å²) in [5.74, 6) is 1.69. The van der Waals surface area contributed by atoms with Gasteiger partial charge in [-0.05, 0) is 25.1 Å². The number of ether oxygens (including phenoxy) is 3. The van der Waals surface area contributed by atoms with E-state index >= 15 is 0 Å². The summed E-state index contributed by atoms with van der Waals surface area (Å²) in [6.45, 7) is 2.51. The third-order valence-corrected chi connectivity index (χ3v) is 5.35. The summed E-state index contributed by atoms with van der Waals surface area (Å²) in [5, 5.41) is 7.58. The van der Waals surface area contributed by atoms with E-state index in [9.17, 15) is 4.79 Å². The number of rotatable bonds is 6. The first-order valence-electron chi connectivity index (χ1n) is 9.19. The number of aromatic nitrogens is 3. The summed E-state index contributed by atoms with van der Waals surface area (Å²) >= 11 is 6.32. The van der Waals surface area contributed by atoms with Gasteiger partial charge in [-0.3, -0.25) is 4.79 Å². The predicted molar refractivity (Wildman–Crippen MR) is 108 cm³/mol. The van der Waals surface area contributed by atoms with Gasteiger partial charge in [-0.15, -0.1) is 0 Å². The smallest absolute Gasteiger partial charge is 0.242 e. The first-order valence-corrected chi connectivity index (χ1v) is 9.57. The summed E-state index contributed by atoms with van der Waals surface area (Å²) in [6.07, 6.45) is 3.53. The zero-order chi connectivity index (χ0) is 20.5. The van der Waals surface area contributed by atoms with Crippen LogP contribution in [0.15, 0.2) is 30.6 Å². The Labute approximate surface area is 172 Å². The fraction of sp³-hybridized carbons (Fsp3) is 0.350. The Balaban J connectivity index is 1.74. The van der Waals surface area contributed by atoms with Crippen molar-refractivity contribution < 1.29 is 19.0 Å². The quantitative estimate of drug-likeness (QED) is 0.664. The Bertz CT molecular complexity index is 1070. The van der Waals surface area contributed by atoms with Gasteiger partial charge in [0.2, 0.25) is 11.8 Å². The summed E-state index contributed by atoms with van der Waals surface area (Å²) in [6, 6.07) is 5.54. The minimum atomic E-state index is -0.225. The maximum atomic E-state index is 11.5. The third kappa shape index (κ3) is 3.67. The van der Waals surface area contributed by atoms with Crippen molar-refractivity contribution in [3.8, 4) is 28.6 Å². The molecule has 1 fully saturated rings. The molecule has 1 aliphatic rings. The van der Waals surface area contributed by atoms with Crippen LogP contribution in [0.5, 0.6) is 17.4 Å². The zero-order valence-electron chi connectivity index (χ0n) is 16.3. The highest BCUT2D eigenvalue weighted by molar-refractivity contribution is 6.34. The van der Waals surface area contributed by atoms with E-state index in [-0.39, 0.29) is 17.9 Å². The highest BCUT2D eigenvalue weighted by Gasteiger charge is 2.29. The monoisotopic (exact) mass is 416 g/mol. The normalized spacial score (nSPS) is 17.2. The average Bonchev–Trinajstić information content (AvgIpc) is 3.33. The molecular formula is C20H21ClN4O4. The number of carbonyl (C=O) groups is 1. The van der Waals surface area contributed by atoms with Crippen molar-refractivity contribution in [2.24, 2.45) is 5.92 Å². The van der Waals surface area contributed by atoms with Crippen molar-refractivity contribution >= 4 is 23.0 Å². The second-order valence-electron chi connectivity index (χ2n) is 6.88. The van der Waals surface area contributed by atoms with Crippen molar-refractivity contribution in [2.75, 3.05) is 20.8 Å². The molecule has 0 radical (unpaired) electrons. The Morgan fingerprint density at radius 1 is 1.28 bits per heavy atom. The molecule has 0 aliphatic carbocycles. The molecule has 1 aliphatic heterocycles. The molecule has 1 saturated heterocycles. The van der Waals surface area contributed by atoms with Crippen LogP contribution in [-0.2, 0) is 4.79 Å². The predicted octanol–water partition coefficient (Wildman–Crippen LogP) is 2.97. The van der Waals surface area contributed by atoms with Gasteiger partial charge in [-0.25, -0.2) is 9.50 Å². The molecule has 2 atom stereocenters. The van der Waals surface area contributed by atoms with E-state index in [2.05, 4.69) is 10.4 Å². The van der Waals surface area contributed by atoms with Crippen LogP contribution in [-0.4, -0.2) is 47.4 Å². The van der Waals surface area contributed by atoms with Gasteiger partial charge < -0.3 is 19.5 Å². The standard InChI is InChI=1S/C20H21ClN4O4/c1-11(13-7-18(26)22-8-13)29-20-19-14(21)9-23-25(19)10-15(24-20)12-4-5-16(27-2)17(6-12)28-3/h4-6,9-11,13H,7-8H2,1-3H3,(H,22,26)/t11?,13-/m1/s1. The van der Waals surface area contributed by atoms with Crippen LogP contribution >= 0.6 is 11.6 Å². The lowest BCUT2D eigenvalue weighted by Gasteiger charge is -2.20. The largest absolute Gasteiger partial charge is 0.493 e. The van der Waals surface area contributed by atoms with Gasteiger partial charge in [0.1, 0.15) is 11.6 Å². The number of methoxy groups -OCH3 is 2. The van der Waals surface area contributed by atoms with Gasteiger partial charge >= 0.3 is 0 Å². The summed E-state index contributed by atoms with van der Waals surface area (Å²) in [7, 11) is 3.17. The Morgan fingerprint density at radius 2 is 2.07 bits per heavy atom. The van der Waals surface area contributed by atoms with E-state index in [1.165, 1.54) is 0 Å². The Morgan fingerprint density at radius 3 is 2.76 bits per heavy atom. The number of benzene rings is 1. The van der Waals surface area contributed by atoms with E-state index in [1.54, 1.807) is 31.1 Å². The lowest BCUT2D eigenvalue weighted by atomic mass is 10.0. The summed E-state index contributed by atoms with van der Waals surface area (Å²) < 4.78 is 18.5. The van der Waals surface area contributed by atoms with E-state index < -0.39 is 0 Å². The summed E-state index contributed by atoms with van der Waals surface area (Å²) in [4.78, 5) is 16.2. The molecule has 1 aromatic carbocycles. The second kappa shape index (κ2) is 7.79. The number of hydrogen-bond donors (Lipinski definition) is 1. The number of fused-ring (bicyclic) bond motifs is 1. The highest BCUT2D eigenvalue weighted by Crippen LogP contribution is 2.34. The van der Waals surface area contributed by atoms with Crippen molar-refractivity contribution in [2.45, 2.75) is 19.4 Å². The Kier molecular flexibility index (Phi) is 5.19. The van der Waals surface area contributed by atoms with E-state index in [1.807, 2.05) is 25.1 Å². The van der Waals surface area contributed by atoms with E-state index in [0.717, 1.165) is 5.56 Å². The number of amides is 1. The van der Waals surface area contributed by atoms with Crippen molar-refractivity contribution in [3.63, 3.8) is 0 Å². The number of nitrogens with one attached hydrogen (secondary N) is 1. The van der Waals surface area contributed by atoms with Gasteiger partial charge in [0.25, 0.3) is 0 Å². The third-order valence-electron chi connectivity index (χ3n) is 5.07. The first kappa shape index (κ1) is 19.3. The van der Waals surface area contributed by atoms with Gasteiger partial charge in [0.05, 0.1) is 37.3 Å². The van der Waals surface area contributed by atoms with Crippen LogP contribution in [0.2, 0.25) is 5.02 Å². The molecule has 2 aromatic heterocycles. The van der Waals surface area contributed by atoms with Gasteiger partial charge in [-0.2, -0.15) is 5.10 Å². The molecule has 9 heteroatoms. The van der Waals surface area contributed by atoms with Crippen molar-refractivity contribution in [1.82, 2.24) is 19.9 Å². The number of carbonyl (C=O) groups excluding carboxylic acids is 1. The Hall–Kier alpha value is -3.00. The molecule has 1 unspecified atom stereocenters. The molecule has 29 heavy (non-hydrogen) atoms. The maximum absolute atomic E-state index is 11.5. The highest BCUT2D eigenvalue weighted by atomic mass is 35.5. The molecular weight excluding hydrogens is 396 g/mol. The second-order valence-corrected chi connectivity index (χ2v) is 7.29. The number of nitrogens with zero attached hydrogens (tertiary/aromatic N) is 3. The molecule has 3 aromatic rings. The van der Waals surface area contributed by atoms with Crippen LogP contribution in [0.3, 0.4) is 0 Å². The molecule has 3 heterocycles. The molecule has 8 nitrogen and oxygen atoms in total. The topological polar surface area (TPSA) is 87.0 Å². The van der Waals surface area contributed by atoms with Crippen LogP contribution in [0.25, 0.3) is 16.8 Å². The molecule has 1 amide bonds. The minimum absolute atomic E-state index is 0.0324. The van der Waals surface area contributed by atoms with Crippen LogP contribution in [0, 0.1) is 5.92 Å². The lowest BCUT2D eigenvalue weighted by molar-refractivity contribution is -0.119. The van der Waals surface area contributed by atoms with Crippen LogP contribution < -0.4 is 19.5 Å². The minimum Gasteiger partial charge on any atom is -0.493 e. The zero-order valence-corrected chi connectivity index (χ0v) is 17.1. The van der Waals surface area contributed by atoms with Crippen LogP contribution in [0.4, 0.5) is 0 Å². The number of hydrogen-bond acceptors (Lipinski definition) is 6. The fourth-order valence-corrected chi connectivity index (χ4v) is 3.61. The van der Waals surface area contributed by atoms with Gasteiger partial charge in [0.15, 0.2) is 11.5 Å². The van der Waals surface area contributed by atoms with Crippen molar-refractivity contribution in [1.29, 1.82) is 0 Å². The lowest BCUT2D eigenvalue weighted by Crippen LogP contribution is -2.26. The van der Waals surface area contributed by atoms with E-state index in [0.29, 0.717) is 46.6 Å². The fourth-order valence-electron chi connectivity index (χ4n) is 3.39. The molecule has 0 bridgehead atoms.